The number of nitrogens with zero attached hydrogens (tertiary/aromatic N) is 4. The minimum Gasteiger partial charge on any atom is -0.481 e. The largest absolute Gasteiger partial charge is 0.481 e. The lowest BCUT2D eigenvalue weighted by Crippen LogP contribution is -1.91. The van der Waals surface area contributed by atoms with Gasteiger partial charge in [0.15, 0.2) is 0 Å². The molecule has 2 heterocycles. The molecule has 5 nitrogen and oxygen atoms in total. The van der Waals surface area contributed by atoms with E-state index in [0.29, 0.717) is 5.88 Å². The molecule has 5 heteroatoms. The van der Waals surface area contributed by atoms with Gasteiger partial charge in [-0.3, -0.25) is 4.68 Å². The fourth-order valence-electron chi connectivity index (χ4n) is 2.02. The topological polar surface area (TPSA) is 52.8 Å². The summed E-state index contributed by atoms with van der Waals surface area (Å²) in [6.45, 7) is 0. The molecule has 0 N–H and O–H groups in total. The first-order valence-electron chi connectivity index (χ1n) is 6.23. The number of methoxy groups -OCH3 is 1. The van der Waals surface area contributed by atoms with E-state index in [1.807, 2.05) is 43.6 Å². The highest BCUT2D eigenvalue weighted by atomic mass is 16.5. The number of benzene rings is 1. The SMILES string of the molecule is COc1cc(-c2cccc(-c3ccn(C)n3)c2)ncn1. The quantitative estimate of drug-likeness (QED) is 0.731. The maximum Gasteiger partial charge on any atom is 0.216 e. The van der Waals surface area contributed by atoms with Crippen molar-refractivity contribution in [3.63, 3.8) is 0 Å². The molecule has 0 amide bonds. The fraction of sp³-hybridized carbons (Fsp3) is 0.133. The van der Waals surface area contributed by atoms with E-state index in [0.717, 1.165) is 22.5 Å². The van der Waals surface area contributed by atoms with Crippen LogP contribution in [0.2, 0.25) is 0 Å². The standard InChI is InChI=1S/C15H14N4O/c1-19-7-6-13(18-19)11-4-3-5-12(8-11)14-9-15(20-2)17-10-16-14/h3-10H,1-2H3. The lowest BCUT2D eigenvalue weighted by molar-refractivity contribution is 0.397. The summed E-state index contributed by atoms with van der Waals surface area (Å²) < 4.78 is 6.92. The first-order valence-corrected chi connectivity index (χ1v) is 6.23. The third-order valence-electron chi connectivity index (χ3n) is 3.02. The van der Waals surface area contributed by atoms with Gasteiger partial charge in [0.05, 0.1) is 18.5 Å². The summed E-state index contributed by atoms with van der Waals surface area (Å²) in [5.41, 5.74) is 3.83. The van der Waals surface area contributed by atoms with Gasteiger partial charge < -0.3 is 4.74 Å². The Morgan fingerprint density at radius 2 is 1.80 bits per heavy atom. The second-order valence-electron chi connectivity index (χ2n) is 4.40. The van der Waals surface area contributed by atoms with Crippen molar-refractivity contribution < 1.29 is 4.74 Å². The van der Waals surface area contributed by atoms with Crippen molar-refractivity contribution in [2.24, 2.45) is 7.05 Å². The second kappa shape index (κ2) is 5.13. The smallest absolute Gasteiger partial charge is 0.216 e. The summed E-state index contributed by atoms with van der Waals surface area (Å²) in [5.74, 6) is 0.554. The number of hydrogen-bond acceptors (Lipinski definition) is 4. The van der Waals surface area contributed by atoms with Gasteiger partial charge in [-0.2, -0.15) is 5.10 Å². The van der Waals surface area contributed by atoms with E-state index in [1.165, 1.54) is 6.33 Å². The highest BCUT2D eigenvalue weighted by Crippen LogP contribution is 2.25. The molecule has 0 aliphatic heterocycles. The number of aryl methyl sites for hydroxylation is 1. The zero-order chi connectivity index (χ0) is 13.9. The highest BCUT2D eigenvalue weighted by molar-refractivity contribution is 5.69. The predicted octanol–water partition coefficient (Wildman–Crippen LogP) is 2.55. The molecule has 2 aromatic heterocycles. The van der Waals surface area contributed by atoms with Crippen LogP contribution in [-0.2, 0) is 7.05 Å². The molecule has 0 atom stereocenters. The number of ether oxygens (including phenoxy) is 1. The number of aromatic nitrogens is 4. The van der Waals surface area contributed by atoms with Gasteiger partial charge in [-0.15, -0.1) is 0 Å². The molecule has 0 fully saturated rings. The molecule has 0 aliphatic rings. The van der Waals surface area contributed by atoms with Gasteiger partial charge in [0.25, 0.3) is 0 Å². The summed E-state index contributed by atoms with van der Waals surface area (Å²) in [4.78, 5) is 8.30. The van der Waals surface area contributed by atoms with E-state index < -0.39 is 0 Å². The minimum atomic E-state index is 0.554. The lowest BCUT2D eigenvalue weighted by atomic mass is 10.1. The third kappa shape index (κ3) is 2.38. The zero-order valence-electron chi connectivity index (χ0n) is 11.3. The summed E-state index contributed by atoms with van der Waals surface area (Å²) in [5, 5.41) is 4.41. The zero-order valence-corrected chi connectivity index (χ0v) is 11.3. The van der Waals surface area contributed by atoms with E-state index in [4.69, 9.17) is 4.74 Å². The van der Waals surface area contributed by atoms with Gasteiger partial charge in [-0.1, -0.05) is 18.2 Å². The van der Waals surface area contributed by atoms with Crippen LogP contribution < -0.4 is 4.74 Å². The molecular formula is C15H14N4O. The Kier molecular flexibility index (Phi) is 3.16. The van der Waals surface area contributed by atoms with Crippen molar-refractivity contribution in [1.82, 2.24) is 19.7 Å². The Morgan fingerprint density at radius 3 is 2.50 bits per heavy atom. The molecule has 0 saturated carbocycles. The summed E-state index contributed by atoms with van der Waals surface area (Å²) >= 11 is 0. The Balaban J connectivity index is 2.02. The van der Waals surface area contributed by atoms with Crippen molar-refractivity contribution >= 4 is 0 Å². The Labute approximate surface area is 116 Å². The molecule has 0 saturated heterocycles. The maximum absolute atomic E-state index is 5.13. The molecule has 0 radical (unpaired) electrons. The average Bonchev–Trinajstić information content (AvgIpc) is 2.94. The molecular weight excluding hydrogens is 252 g/mol. The molecule has 0 spiro atoms. The fourth-order valence-corrected chi connectivity index (χ4v) is 2.02. The minimum absolute atomic E-state index is 0.554. The highest BCUT2D eigenvalue weighted by Gasteiger charge is 2.06. The monoisotopic (exact) mass is 266 g/mol. The van der Waals surface area contributed by atoms with Gasteiger partial charge in [-0.25, -0.2) is 9.97 Å². The molecule has 3 rings (SSSR count). The van der Waals surface area contributed by atoms with E-state index in [1.54, 1.807) is 11.8 Å². The summed E-state index contributed by atoms with van der Waals surface area (Å²) in [6.07, 6.45) is 3.43. The number of rotatable bonds is 3. The van der Waals surface area contributed by atoms with Crippen LogP contribution in [0.3, 0.4) is 0 Å². The third-order valence-corrected chi connectivity index (χ3v) is 3.02. The Hall–Kier alpha value is -2.69. The molecule has 100 valence electrons. The number of hydrogen-bond donors (Lipinski definition) is 0. The first-order chi connectivity index (χ1) is 9.76. The first kappa shape index (κ1) is 12.3. The maximum atomic E-state index is 5.13. The van der Waals surface area contributed by atoms with Crippen LogP contribution in [0.4, 0.5) is 0 Å². The van der Waals surface area contributed by atoms with Crippen molar-refractivity contribution in [3.8, 4) is 28.4 Å². The van der Waals surface area contributed by atoms with E-state index in [2.05, 4.69) is 21.1 Å². The molecule has 0 unspecified atom stereocenters. The van der Waals surface area contributed by atoms with E-state index in [-0.39, 0.29) is 0 Å². The predicted molar refractivity (Wildman–Crippen MR) is 76.2 cm³/mol. The van der Waals surface area contributed by atoms with Crippen LogP contribution in [0.25, 0.3) is 22.5 Å². The van der Waals surface area contributed by atoms with Crippen molar-refractivity contribution in [3.05, 3.63) is 48.9 Å². The molecule has 1 aromatic carbocycles. The summed E-state index contributed by atoms with van der Waals surface area (Å²) in [6, 6.07) is 11.9. The van der Waals surface area contributed by atoms with Gasteiger partial charge in [-0.05, 0) is 12.1 Å². The molecule has 0 aliphatic carbocycles. The van der Waals surface area contributed by atoms with Crippen molar-refractivity contribution in [2.75, 3.05) is 7.11 Å². The van der Waals surface area contributed by atoms with Gasteiger partial charge in [0.2, 0.25) is 5.88 Å². The van der Waals surface area contributed by atoms with Crippen molar-refractivity contribution in [1.29, 1.82) is 0 Å². The van der Waals surface area contributed by atoms with E-state index in [9.17, 15) is 0 Å². The van der Waals surface area contributed by atoms with Crippen molar-refractivity contribution in [2.45, 2.75) is 0 Å². The van der Waals surface area contributed by atoms with Crippen LogP contribution in [0.15, 0.2) is 48.9 Å². The average molecular weight is 266 g/mol. The van der Waals surface area contributed by atoms with Crippen LogP contribution in [0.5, 0.6) is 5.88 Å². The molecule has 3 aromatic rings. The van der Waals surface area contributed by atoms with Crippen LogP contribution in [-0.4, -0.2) is 26.9 Å². The Morgan fingerprint density at radius 1 is 1.00 bits per heavy atom. The van der Waals surface area contributed by atoms with Crippen LogP contribution >= 0.6 is 0 Å². The molecule has 0 bridgehead atoms. The summed E-state index contributed by atoms with van der Waals surface area (Å²) in [7, 11) is 3.50. The lowest BCUT2D eigenvalue weighted by Gasteiger charge is -2.04. The van der Waals surface area contributed by atoms with Gasteiger partial charge in [0.1, 0.15) is 6.33 Å². The second-order valence-corrected chi connectivity index (χ2v) is 4.40. The Bertz CT molecular complexity index is 736. The van der Waals surface area contributed by atoms with E-state index >= 15 is 0 Å². The van der Waals surface area contributed by atoms with Gasteiger partial charge >= 0.3 is 0 Å². The van der Waals surface area contributed by atoms with Gasteiger partial charge in [0, 0.05) is 30.4 Å². The van der Waals surface area contributed by atoms with Crippen LogP contribution in [0, 0.1) is 0 Å². The molecule has 20 heavy (non-hydrogen) atoms. The normalized spacial score (nSPS) is 10.5. The van der Waals surface area contributed by atoms with Crippen LogP contribution in [0.1, 0.15) is 0 Å².